The van der Waals surface area contributed by atoms with Crippen molar-refractivity contribution in [3.8, 4) is 0 Å². The van der Waals surface area contributed by atoms with E-state index in [1.165, 1.54) is 5.56 Å². The lowest BCUT2D eigenvalue weighted by atomic mass is 10.1. The minimum atomic E-state index is 0.217. The third-order valence-electron chi connectivity index (χ3n) is 3.40. The second-order valence-electron chi connectivity index (χ2n) is 5.35. The second-order valence-corrected chi connectivity index (χ2v) is 5.35. The molecule has 19 heavy (non-hydrogen) atoms. The monoisotopic (exact) mass is 261 g/mol. The summed E-state index contributed by atoms with van der Waals surface area (Å²) in [7, 11) is 3.87. The first-order valence-electron chi connectivity index (χ1n) is 6.87. The molecule has 4 nitrogen and oxygen atoms in total. The standard InChI is InChI=1S/C15H23N3O/c1-17(2)12-15(19)18-10-6-9-16-14(11-18)13-7-4-3-5-8-13/h3-5,7-8,14,16H,6,9-12H2,1-2H3. The quantitative estimate of drug-likeness (QED) is 0.885. The van der Waals surface area contributed by atoms with Crippen LogP contribution in [0.1, 0.15) is 18.0 Å². The van der Waals surface area contributed by atoms with Crippen LogP contribution < -0.4 is 5.32 Å². The Hall–Kier alpha value is -1.39. The van der Waals surface area contributed by atoms with Crippen molar-refractivity contribution in [2.45, 2.75) is 12.5 Å². The highest BCUT2D eigenvalue weighted by Gasteiger charge is 2.22. The van der Waals surface area contributed by atoms with Gasteiger partial charge in [0, 0.05) is 19.1 Å². The predicted octanol–water partition coefficient (Wildman–Crippen LogP) is 1.11. The van der Waals surface area contributed by atoms with Gasteiger partial charge in [0.05, 0.1) is 6.54 Å². The summed E-state index contributed by atoms with van der Waals surface area (Å²) < 4.78 is 0. The summed E-state index contributed by atoms with van der Waals surface area (Å²) in [5, 5.41) is 3.53. The van der Waals surface area contributed by atoms with Crippen LogP contribution in [0.2, 0.25) is 0 Å². The lowest BCUT2D eigenvalue weighted by Gasteiger charge is -2.26. The molecule has 1 aromatic carbocycles. The Morgan fingerprint density at radius 3 is 2.79 bits per heavy atom. The molecule has 1 heterocycles. The van der Waals surface area contributed by atoms with Crippen molar-refractivity contribution in [3.63, 3.8) is 0 Å². The number of rotatable bonds is 3. The van der Waals surface area contributed by atoms with Gasteiger partial charge < -0.3 is 15.1 Å². The van der Waals surface area contributed by atoms with Crippen molar-refractivity contribution in [2.75, 3.05) is 40.3 Å². The number of carbonyl (C=O) groups excluding carboxylic acids is 1. The molecule has 1 unspecified atom stereocenters. The fraction of sp³-hybridized carbons (Fsp3) is 0.533. The number of nitrogens with zero attached hydrogens (tertiary/aromatic N) is 2. The second kappa shape index (κ2) is 6.68. The van der Waals surface area contributed by atoms with Gasteiger partial charge in [-0.15, -0.1) is 0 Å². The van der Waals surface area contributed by atoms with Gasteiger partial charge in [0.25, 0.3) is 0 Å². The van der Waals surface area contributed by atoms with Crippen molar-refractivity contribution >= 4 is 5.91 Å². The average molecular weight is 261 g/mol. The molecular weight excluding hydrogens is 238 g/mol. The van der Waals surface area contributed by atoms with E-state index < -0.39 is 0 Å². The molecule has 0 spiro atoms. The first kappa shape index (κ1) is 14.0. The third-order valence-corrected chi connectivity index (χ3v) is 3.40. The molecule has 1 fully saturated rings. The van der Waals surface area contributed by atoms with E-state index in [-0.39, 0.29) is 11.9 Å². The van der Waals surface area contributed by atoms with E-state index in [4.69, 9.17) is 0 Å². The lowest BCUT2D eigenvalue weighted by molar-refractivity contribution is -0.132. The maximum absolute atomic E-state index is 12.2. The van der Waals surface area contributed by atoms with Gasteiger partial charge in [0.15, 0.2) is 0 Å². The Balaban J connectivity index is 2.04. The maximum Gasteiger partial charge on any atom is 0.236 e. The van der Waals surface area contributed by atoms with Gasteiger partial charge in [-0.3, -0.25) is 4.79 Å². The fourth-order valence-electron chi connectivity index (χ4n) is 2.43. The molecule has 1 aliphatic heterocycles. The van der Waals surface area contributed by atoms with Gasteiger partial charge in [-0.05, 0) is 32.6 Å². The molecule has 0 radical (unpaired) electrons. The summed E-state index contributed by atoms with van der Waals surface area (Å²) in [6, 6.07) is 10.6. The number of hydrogen-bond acceptors (Lipinski definition) is 3. The van der Waals surface area contributed by atoms with Gasteiger partial charge in [0.2, 0.25) is 5.91 Å². The van der Waals surface area contributed by atoms with Crippen molar-refractivity contribution < 1.29 is 4.79 Å². The number of nitrogens with one attached hydrogen (secondary N) is 1. The Bertz CT molecular complexity index is 405. The van der Waals surface area contributed by atoms with Crippen molar-refractivity contribution in [1.82, 2.24) is 15.1 Å². The minimum Gasteiger partial charge on any atom is -0.340 e. The molecule has 0 bridgehead atoms. The Kier molecular flexibility index (Phi) is 4.93. The van der Waals surface area contributed by atoms with Crippen LogP contribution in [0.4, 0.5) is 0 Å². The molecule has 4 heteroatoms. The molecule has 1 aliphatic rings. The highest BCUT2D eigenvalue weighted by molar-refractivity contribution is 5.78. The zero-order valence-electron chi connectivity index (χ0n) is 11.8. The van der Waals surface area contributed by atoms with Crippen LogP contribution in [-0.2, 0) is 4.79 Å². The van der Waals surface area contributed by atoms with Gasteiger partial charge in [-0.25, -0.2) is 0 Å². The van der Waals surface area contributed by atoms with Crippen LogP contribution >= 0.6 is 0 Å². The first-order chi connectivity index (χ1) is 9.16. The predicted molar refractivity (Wildman–Crippen MR) is 76.9 cm³/mol. The van der Waals surface area contributed by atoms with E-state index in [1.807, 2.05) is 42.1 Å². The van der Waals surface area contributed by atoms with Crippen molar-refractivity contribution in [2.24, 2.45) is 0 Å². The average Bonchev–Trinajstić information content (AvgIpc) is 2.65. The molecule has 1 N–H and O–H groups in total. The summed E-state index contributed by atoms with van der Waals surface area (Å²) >= 11 is 0. The summed E-state index contributed by atoms with van der Waals surface area (Å²) in [6.45, 7) is 3.06. The molecule has 2 rings (SSSR count). The molecule has 0 saturated carbocycles. The third kappa shape index (κ3) is 4.04. The van der Waals surface area contributed by atoms with E-state index in [0.717, 1.165) is 26.1 Å². The van der Waals surface area contributed by atoms with Crippen molar-refractivity contribution in [3.05, 3.63) is 35.9 Å². The van der Waals surface area contributed by atoms with Crippen LogP contribution in [-0.4, -0.2) is 56.0 Å². The van der Waals surface area contributed by atoms with Crippen LogP contribution in [0.3, 0.4) is 0 Å². The van der Waals surface area contributed by atoms with Gasteiger partial charge in [-0.1, -0.05) is 30.3 Å². The number of benzene rings is 1. The summed E-state index contributed by atoms with van der Waals surface area (Å²) in [4.78, 5) is 16.1. The molecule has 0 aliphatic carbocycles. The number of hydrogen-bond donors (Lipinski definition) is 1. The summed E-state index contributed by atoms with van der Waals surface area (Å²) in [5.74, 6) is 0.217. The first-order valence-corrected chi connectivity index (χ1v) is 6.87. The van der Waals surface area contributed by atoms with Gasteiger partial charge in [-0.2, -0.15) is 0 Å². The van der Waals surface area contributed by atoms with Crippen LogP contribution in [0.25, 0.3) is 0 Å². The maximum atomic E-state index is 12.2. The van der Waals surface area contributed by atoms with Gasteiger partial charge >= 0.3 is 0 Å². The number of carbonyl (C=O) groups is 1. The summed E-state index contributed by atoms with van der Waals surface area (Å²) in [6.07, 6.45) is 1.02. The molecule has 1 saturated heterocycles. The highest BCUT2D eigenvalue weighted by Crippen LogP contribution is 2.16. The molecule has 0 aromatic heterocycles. The van der Waals surface area contributed by atoms with E-state index >= 15 is 0 Å². The largest absolute Gasteiger partial charge is 0.340 e. The Morgan fingerprint density at radius 2 is 2.11 bits per heavy atom. The molecule has 104 valence electrons. The lowest BCUT2D eigenvalue weighted by Crippen LogP contribution is -2.40. The zero-order chi connectivity index (χ0) is 13.7. The SMILES string of the molecule is CN(C)CC(=O)N1CCCNC(c2ccccc2)C1. The normalized spacial score (nSPS) is 20.4. The number of amides is 1. The highest BCUT2D eigenvalue weighted by atomic mass is 16.2. The Morgan fingerprint density at radius 1 is 1.37 bits per heavy atom. The van der Waals surface area contributed by atoms with Crippen LogP contribution in [0, 0.1) is 0 Å². The fourth-order valence-corrected chi connectivity index (χ4v) is 2.43. The van der Waals surface area contributed by atoms with Crippen LogP contribution in [0.15, 0.2) is 30.3 Å². The van der Waals surface area contributed by atoms with Crippen LogP contribution in [0.5, 0.6) is 0 Å². The van der Waals surface area contributed by atoms with E-state index in [2.05, 4.69) is 17.4 Å². The minimum absolute atomic E-state index is 0.217. The Labute approximate surface area is 115 Å². The molecule has 1 aromatic rings. The molecule has 1 atom stereocenters. The molecular formula is C15H23N3O. The van der Waals surface area contributed by atoms with E-state index in [0.29, 0.717) is 6.54 Å². The summed E-state index contributed by atoms with van der Waals surface area (Å²) in [5.41, 5.74) is 1.26. The van der Waals surface area contributed by atoms with Crippen molar-refractivity contribution in [1.29, 1.82) is 0 Å². The smallest absolute Gasteiger partial charge is 0.236 e. The molecule has 1 amide bonds. The zero-order valence-corrected chi connectivity index (χ0v) is 11.8. The van der Waals surface area contributed by atoms with E-state index in [9.17, 15) is 4.79 Å². The van der Waals surface area contributed by atoms with Gasteiger partial charge in [0.1, 0.15) is 0 Å². The topological polar surface area (TPSA) is 35.6 Å². The van der Waals surface area contributed by atoms with E-state index in [1.54, 1.807) is 0 Å². The number of likely N-dealkylation sites (N-methyl/N-ethyl adjacent to an activating group) is 1.